The molecule has 0 aliphatic carbocycles. The van der Waals surface area contributed by atoms with Gasteiger partial charge in [-0.1, -0.05) is 17.7 Å². The molecule has 1 aromatic rings. The van der Waals surface area contributed by atoms with Crippen LogP contribution in [-0.4, -0.2) is 49.8 Å². The van der Waals surface area contributed by atoms with Crippen LogP contribution in [0.25, 0.3) is 0 Å². The fraction of sp³-hybridized carbons (Fsp3) is 0.538. The molecule has 0 saturated carbocycles. The molecule has 1 aliphatic rings. The van der Waals surface area contributed by atoms with Crippen molar-refractivity contribution in [3.8, 4) is 0 Å². The molecule has 2 rings (SSSR count). The van der Waals surface area contributed by atoms with E-state index < -0.39 is 6.10 Å². The number of aliphatic hydroxyl groups is 1. The second kappa shape index (κ2) is 5.89. The Labute approximate surface area is 113 Å². The molecule has 1 aromatic carbocycles. The van der Waals surface area contributed by atoms with Gasteiger partial charge in [-0.05, 0) is 24.7 Å². The molecule has 1 heterocycles. The summed E-state index contributed by atoms with van der Waals surface area (Å²) in [4.78, 5) is 4.58. The highest BCUT2D eigenvalue weighted by Crippen LogP contribution is 2.29. The molecule has 1 fully saturated rings. The first-order valence-corrected chi connectivity index (χ1v) is 6.60. The summed E-state index contributed by atoms with van der Waals surface area (Å²) in [5.74, 6) is 0. The molecular weight excluding hydrogens is 250 g/mol. The number of piperazine rings is 1. The monoisotopic (exact) mass is 269 g/mol. The Morgan fingerprint density at radius 3 is 2.56 bits per heavy atom. The normalized spacial score (nSPS) is 19.0. The topological polar surface area (TPSA) is 52.7 Å². The number of nitrogens with two attached hydrogens (primary N) is 1. The van der Waals surface area contributed by atoms with Crippen LogP contribution in [0, 0.1) is 0 Å². The second-order valence-corrected chi connectivity index (χ2v) is 5.16. The molecule has 1 atom stereocenters. The van der Waals surface area contributed by atoms with E-state index in [-0.39, 0.29) is 6.54 Å². The van der Waals surface area contributed by atoms with Crippen LogP contribution in [0.2, 0.25) is 5.02 Å². The molecule has 0 amide bonds. The number of aliphatic hydroxyl groups excluding tert-OH is 1. The van der Waals surface area contributed by atoms with Crippen molar-refractivity contribution in [3.05, 3.63) is 28.8 Å². The summed E-state index contributed by atoms with van der Waals surface area (Å²) in [6.45, 7) is 4.27. The van der Waals surface area contributed by atoms with Gasteiger partial charge in [0.2, 0.25) is 0 Å². The lowest BCUT2D eigenvalue weighted by molar-refractivity contribution is 0.187. The Morgan fingerprint density at radius 2 is 2.00 bits per heavy atom. The van der Waals surface area contributed by atoms with E-state index in [1.807, 2.05) is 18.2 Å². The molecular formula is C13H20ClN3O. The summed E-state index contributed by atoms with van der Waals surface area (Å²) >= 11 is 6.29. The smallest absolute Gasteiger partial charge is 0.0912 e. The van der Waals surface area contributed by atoms with Crippen LogP contribution in [0.15, 0.2) is 18.2 Å². The van der Waals surface area contributed by atoms with Crippen LogP contribution in [0.4, 0.5) is 5.69 Å². The van der Waals surface area contributed by atoms with Crippen molar-refractivity contribution >= 4 is 17.3 Å². The molecule has 0 aromatic heterocycles. The lowest BCUT2D eigenvalue weighted by Gasteiger charge is -2.34. The number of hydrogen-bond donors (Lipinski definition) is 2. The molecule has 100 valence electrons. The van der Waals surface area contributed by atoms with Crippen molar-refractivity contribution in [2.75, 3.05) is 44.7 Å². The molecule has 1 saturated heterocycles. The summed E-state index contributed by atoms with van der Waals surface area (Å²) < 4.78 is 0. The molecule has 0 spiro atoms. The maximum atomic E-state index is 9.69. The van der Waals surface area contributed by atoms with Gasteiger partial charge in [0.1, 0.15) is 0 Å². The minimum Gasteiger partial charge on any atom is -0.387 e. The number of anilines is 1. The van der Waals surface area contributed by atoms with Crippen molar-refractivity contribution in [2.24, 2.45) is 5.73 Å². The van der Waals surface area contributed by atoms with Crippen molar-refractivity contribution in [3.63, 3.8) is 0 Å². The molecule has 4 nitrogen and oxygen atoms in total. The van der Waals surface area contributed by atoms with Gasteiger partial charge < -0.3 is 20.6 Å². The number of rotatable bonds is 3. The van der Waals surface area contributed by atoms with Crippen LogP contribution in [0.1, 0.15) is 11.7 Å². The molecule has 0 bridgehead atoms. The predicted molar refractivity (Wildman–Crippen MR) is 75.2 cm³/mol. The predicted octanol–water partition coefficient (Wildman–Crippen LogP) is 1.08. The zero-order valence-corrected chi connectivity index (χ0v) is 11.4. The van der Waals surface area contributed by atoms with Crippen LogP contribution < -0.4 is 10.6 Å². The van der Waals surface area contributed by atoms with Gasteiger partial charge in [-0.2, -0.15) is 0 Å². The lowest BCUT2D eigenvalue weighted by atomic mass is 10.1. The fourth-order valence-corrected chi connectivity index (χ4v) is 2.48. The van der Waals surface area contributed by atoms with Crippen molar-refractivity contribution in [2.45, 2.75) is 6.10 Å². The SMILES string of the molecule is CN1CCN(c2ccc(C(O)CN)cc2Cl)CC1. The number of likely N-dealkylation sites (N-methyl/N-ethyl adjacent to an activating group) is 1. The molecule has 3 N–H and O–H groups in total. The van der Waals surface area contributed by atoms with Gasteiger partial charge in [0.05, 0.1) is 16.8 Å². The molecule has 1 aliphatic heterocycles. The molecule has 0 radical (unpaired) electrons. The largest absolute Gasteiger partial charge is 0.387 e. The van der Waals surface area contributed by atoms with Crippen molar-refractivity contribution in [1.82, 2.24) is 4.90 Å². The van der Waals surface area contributed by atoms with Crippen molar-refractivity contribution in [1.29, 1.82) is 0 Å². The Bertz CT molecular complexity index is 405. The first-order chi connectivity index (χ1) is 8.61. The summed E-state index contributed by atoms with van der Waals surface area (Å²) in [5, 5.41) is 10.4. The Balaban J connectivity index is 2.14. The van der Waals surface area contributed by atoms with Crippen LogP contribution in [-0.2, 0) is 0 Å². The number of nitrogens with zero attached hydrogens (tertiary/aromatic N) is 2. The minimum atomic E-state index is -0.635. The lowest BCUT2D eigenvalue weighted by Crippen LogP contribution is -2.44. The summed E-state index contributed by atoms with van der Waals surface area (Å²) in [6, 6.07) is 5.69. The van der Waals surface area contributed by atoms with Gasteiger partial charge in [0.25, 0.3) is 0 Å². The average Bonchev–Trinajstić information content (AvgIpc) is 2.39. The number of hydrogen-bond acceptors (Lipinski definition) is 4. The van der Waals surface area contributed by atoms with E-state index in [1.165, 1.54) is 0 Å². The molecule has 18 heavy (non-hydrogen) atoms. The van der Waals surface area contributed by atoms with E-state index in [1.54, 1.807) is 0 Å². The van der Waals surface area contributed by atoms with E-state index in [0.717, 1.165) is 37.4 Å². The third-order valence-corrected chi connectivity index (χ3v) is 3.73. The highest BCUT2D eigenvalue weighted by molar-refractivity contribution is 6.33. The Hall–Kier alpha value is -0.810. The third kappa shape index (κ3) is 2.95. The highest BCUT2D eigenvalue weighted by Gasteiger charge is 2.17. The maximum absolute atomic E-state index is 9.69. The van der Waals surface area contributed by atoms with Gasteiger partial charge in [0.15, 0.2) is 0 Å². The highest BCUT2D eigenvalue weighted by atomic mass is 35.5. The van der Waals surface area contributed by atoms with Gasteiger partial charge in [-0.25, -0.2) is 0 Å². The van der Waals surface area contributed by atoms with Gasteiger partial charge >= 0.3 is 0 Å². The fourth-order valence-electron chi connectivity index (χ4n) is 2.17. The van der Waals surface area contributed by atoms with Crippen LogP contribution >= 0.6 is 11.6 Å². The zero-order chi connectivity index (χ0) is 13.1. The van der Waals surface area contributed by atoms with E-state index >= 15 is 0 Å². The minimum absolute atomic E-state index is 0.212. The summed E-state index contributed by atoms with van der Waals surface area (Å²) in [7, 11) is 2.12. The Kier molecular flexibility index (Phi) is 4.45. The van der Waals surface area contributed by atoms with E-state index in [9.17, 15) is 5.11 Å². The van der Waals surface area contributed by atoms with E-state index in [0.29, 0.717) is 5.02 Å². The standard InChI is InChI=1S/C13H20ClN3O/c1-16-4-6-17(7-5-16)12-3-2-10(8-11(12)14)13(18)9-15/h2-3,8,13,18H,4-7,9,15H2,1H3. The average molecular weight is 270 g/mol. The van der Waals surface area contributed by atoms with E-state index in [2.05, 4.69) is 16.8 Å². The maximum Gasteiger partial charge on any atom is 0.0912 e. The van der Waals surface area contributed by atoms with E-state index in [4.69, 9.17) is 17.3 Å². The van der Waals surface area contributed by atoms with Crippen LogP contribution in [0.5, 0.6) is 0 Å². The van der Waals surface area contributed by atoms with Gasteiger partial charge in [0, 0.05) is 32.7 Å². The quantitative estimate of drug-likeness (QED) is 0.862. The number of benzene rings is 1. The van der Waals surface area contributed by atoms with Gasteiger partial charge in [-0.3, -0.25) is 0 Å². The first-order valence-electron chi connectivity index (χ1n) is 6.23. The zero-order valence-electron chi connectivity index (χ0n) is 10.6. The van der Waals surface area contributed by atoms with Gasteiger partial charge in [-0.15, -0.1) is 0 Å². The molecule has 5 heteroatoms. The molecule has 1 unspecified atom stereocenters. The second-order valence-electron chi connectivity index (χ2n) is 4.75. The number of halogens is 1. The third-order valence-electron chi connectivity index (χ3n) is 3.42. The summed E-state index contributed by atoms with van der Waals surface area (Å²) in [6.07, 6.45) is -0.635. The first kappa shape index (κ1) is 13.6. The van der Waals surface area contributed by atoms with Crippen LogP contribution in [0.3, 0.4) is 0 Å². The summed E-state index contributed by atoms with van der Waals surface area (Å²) in [5.41, 5.74) is 7.26. The Morgan fingerprint density at radius 1 is 1.33 bits per heavy atom. The van der Waals surface area contributed by atoms with Crippen molar-refractivity contribution < 1.29 is 5.11 Å².